The average molecular weight is 333 g/mol. The summed E-state index contributed by atoms with van der Waals surface area (Å²) >= 11 is 1.32. The fourth-order valence-electron chi connectivity index (χ4n) is 2.62. The van der Waals surface area contributed by atoms with Crippen molar-refractivity contribution in [2.45, 2.75) is 18.9 Å². The van der Waals surface area contributed by atoms with Crippen LogP contribution in [0.5, 0.6) is 0 Å². The molecule has 1 saturated heterocycles. The molecule has 1 aliphatic heterocycles. The van der Waals surface area contributed by atoms with E-state index in [-0.39, 0.29) is 11.9 Å². The van der Waals surface area contributed by atoms with E-state index in [9.17, 15) is 9.59 Å². The van der Waals surface area contributed by atoms with Crippen LogP contribution >= 0.6 is 11.3 Å². The number of rotatable bonds is 4. The summed E-state index contributed by atoms with van der Waals surface area (Å²) in [6.07, 6.45) is 3.79. The number of H-pyrrole nitrogens is 1. The maximum Gasteiger partial charge on any atom is 0.317 e. The van der Waals surface area contributed by atoms with E-state index >= 15 is 0 Å². The molecule has 0 aromatic carbocycles. The second-order valence-corrected chi connectivity index (χ2v) is 6.50. The van der Waals surface area contributed by atoms with Gasteiger partial charge in [-0.15, -0.1) is 11.3 Å². The van der Waals surface area contributed by atoms with E-state index in [0.29, 0.717) is 10.6 Å². The zero-order valence-corrected chi connectivity index (χ0v) is 13.3. The summed E-state index contributed by atoms with van der Waals surface area (Å²) in [6.45, 7) is 1.74. The molecule has 3 heterocycles. The molecule has 1 fully saturated rings. The van der Waals surface area contributed by atoms with Crippen LogP contribution in [-0.2, 0) is 0 Å². The largest absolute Gasteiger partial charge is 0.361 e. The van der Waals surface area contributed by atoms with Gasteiger partial charge in [-0.1, -0.05) is 0 Å². The van der Waals surface area contributed by atoms with Crippen LogP contribution in [0.1, 0.15) is 23.2 Å². The summed E-state index contributed by atoms with van der Waals surface area (Å²) in [5.74, 6) is -0.198. The van der Waals surface area contributed by atoms with Crippen molar-refractivity contribution in [3.8, 4) is 10.6 Å². The second kappa shape index (κ2) is 6.84. The van der Waals surface area contributed by atoms with E-state index in [1.165, 1.54) is 11.3 Å². The molecule has 0 aliphatic carbocycles. The van der Waals surface area contributed by atoms with Crippen LogP contribution in [-0.4, -0.2) is 36.1 Å². The third-order valence-electron chi connectivity index (χ3n) is 3.71. The van der Waals surface area contributed by atoms with Gasteiger partial charge in [0.1, 0.15) is 5.00 Å². The van der Waals surface area contributed by atoms with Crippen LogP contribution in [0.4, 0.5) is 9.80 Å². The van der Waals surface area contributed by atoms with Gasteiger partial charge < -0.3 is 21.4 Å². The Morgan fingerprint density at radius 1 is 1.39 bits per heavy atom. The molecular weight excluding hydrogens is 314 g/mol. The fourth-order valence-corrected chi connectivity index (χ4v) is 3.67. The highest BCUT2D eigenvalue weighted by Crippen LogP contribution is 2.34. The molecule has 6 N–H and O–H groups in total. The molecular formula is C15H19N5O2S. The zero-order chi connectivity index (χ0) is 16.2. The third kappa shape index (κ3) is 3.72. The number of carbonyl (C=O) groups excluding carboxylic acids is 2. The van der Waals surface area contributed by atoms with Gasteiger partial charge >= 0.3 is 6.03 Å². The number of carbonyl (C=O) groups is 2. The second-order valence-electron chi connectivity index (χ2n) is 5.44. The van der Waals surface area contributed by atoms with Gasteiger partial charge in [0.05, 0.1) is 16.1 Å². The summed E-state index contributed by atoms with van der Waals surface area (Å²) in [4.78, 5) is 27.7. The van der Waals surface area contributed by atoms with Crippen molar-refractivity contribution in [3.05, 3.63) is 30.0 Å². The SMILES string of the molecule is NC(=O)Nc1sc(-c2ccc[nH]2)cc1C(=O)N[C@H]1CCCNC1. The van der Waals surface area contributed by atoms with Crippen LogP contribution in [0.15, 0.2) is 24.4 Å². The quantitative estimate of drug-likeness (QED) is 0.587. The molecule has 7 nitrogen and oxygen atoms in total. The number of anilines is 1. The van der Waals surface area contributed by atoms with Crippen LogP contribution in [0.2, 0.25) is 0 Å². The first kappa shape index (κ1) is 15.6. The minimum absolute atomic E-state index is 0.103. The first-order valence-electron chi connectivity index (χ1n) is 7.49. The number of amides is 3. The zero-order valence-electron chi connectivity index (χ0n) is 12.5. The molecule has 2 aromatic rings. The van der Waals surface area contributed by atoms with Crippen molar-refractivity contribution in [1.29, 1.82) is 0 Å². The number of nitrogens with one attached hydrogen (secondary N) is 4. The molecule has 0 saturated carbocycles. The molecule has 0 spiro atoms. The summed E-state index contributed by atoms with van der Waals surface area (Å²) in [5.41, 5.74) is 6.54. The van der Waals surface area contributed by atoms with E-state index in [0.717, 1.165) is 36.5 Å². The van der Waals surface area contributed by atoms with Crippen LogP contribution in [0.25, 0.3) is 10.6 Å². The van der Waals surface area contributed by atoms with Crippen LogP contribution in [0, 0.1) is 0 Å². The van der Waals surface area contributed by atoms with Gasteiger partial charge in [-0.25, -0.2) is 4.79 Å². The topological polar surface area (TPSA) is 112 Å². The van der Waals surface area contributed by atoms with Crippen molar-refractivity contribution < 1.29 is 9.59 Å². The van der Waals surface area contributed by atoms with Crippen molar-refractivity contribution in [2.24, 2.45) is 5.73 Å². The molecule has 0 radical (unpaired) electrons. The summed E-state index contributed by atoms with van der Waals surface area (Å²) in [5, 5.41) is 9.27. The highest BCUT2D eigenvalue weighted by molar-refractivity contribution is 7.20. The summed E-state index contributed by atoms with van der Waals surface area (Å²) < 4.78 is 0. The van der Waals surface area contributed by atoms with Crippen LogP contribution in [0.3, 0.4) is 0 Å². The molecule has 122 valence electrons. The minimum Gasteiger partial charge on any atom is -0.361 e. The third-order valence-corrected chi connectivity index (χ3v) is 4.79. The van der Waals surface area contributed by atoms with E-state index in [2.05, 4.69) is 20.9 Å². The Balaban J connectivity index is 1.83. The van der Waals surface area contributed by atoms with Crippen LogP contribution < -0.4 is 21.7 Å². The molecule has 3 rings (SSSR count). The van der Waals surface area contributed by atoms with Gasteiger partial charge in [0.25, 0.3) is 5.91 Å². The van der Waals surface area contributed by atoms with Crippen molar-refractivity contribution in [1.82, 2.24) is 15.6 Å². The Morgan fingerprint density at radius 2 is 2.26 bits per heavy atom. The Bertz CT molecular complexity index is 689. The molecule has 0 unspecified atom stereocenters. The highest BCUT2D eigenvalue weighted by Gasteiger charge is 2.22. The van der Waals surface area contributed by atoms with Gasteiger partial charge in [-0.3, -0.25) is 10.1 Å². The number of aromatic nitrogens is 1. The van der Waals surface area contributed by atoms with Gasteiger partial charge in [-0.05, 0) is 37.6 Å². The van der Waals surface area contributed by atoms with Gasteiger partial charge in [0.15, 0.2) is 0 Å². The molecule has 1 atom stereocenters. The number of aromatic amines is 1. The maximum atomic E-state index is 12.6. The first-order chi connectivity index (χ1) is 11.1. The first-order valence-corrected chi connectivity index (χ1v) is 8.31. The normalized spacial score (nSPS) is 17.7. The standard InChI is InChI=1S/C15H19N5O2S/c16-15(22)20-14-10(7-12(23-14)11-4-2-6-18-11)13(21)19-9-3-1-5-17-8-9/h2,4,6-7,9,17-18H,1,3,5,8H2,(H,19,21)(H3,16,20,22)/t9-/m0/s1. The number of piperidine rings is 1. The monoisotopic (exact) mass is 333 g/mol. The van der Waals surface area contributed by atoms with E-state index < -0.39 is 6.03 Å². The summed E-state index contributed by atoms with van der Waals surface area (Å²) in [6, 6.07) is 4.98. The maximum absolute atomic E-state index is 12.6. The average Bonchev–Trinajstić information content (AvgIpc) is 3.16. The lowest BCUT2D eigenvalue weighted by Gasteiger charge is -2.23. The molecule has 2 aromatic heterocycles. The predicted molar refractivity (Wildman–Crippen MR) is 90.7 cm³/mol. The van der Waals surface area contributed by atoms with E-state index in [1.807, 2.05) is 18.3 Å². The Hall–Kier alpha value is -2.32. The number of nitrogens with two attached hydrogens (primary N) is 1. The summed E-state index contributed by atoms with van der Waals surface area (Å²) in [7, 11) is 0. The predicted octanol–water partition coefficient (Wildman–Crippen LogP) is 1.72. The van der Waals surface area contributed by atoms with Gasteiger partial charge in [-0.2, -0.15) is 0 Å². The number of thiophene rings is 1. The van der Waals surface area contributed by atoms with Crippen molar-refractivity contribution >= 4 is 28.3 Å². The molecule has 1 aliphatic rings. The number of hydrogen-bond donors (Lipinski definition) is 5. The highest BCUT2D eigenvalue weighted by atomic mass is 32.1. The molecule has 23 heavy (non-hydrogen) atoms. The minimum atomic E-state index is -0.682. The Labute approximate surface area is 137 Å². The lowest BCUT2D eigenvalue weighted by Crippen LogP contribution is -2.45. The lowest BCUT2D eigenvalue weighted by molar-refractivity contribution is 0.0932. The van der Waals surface area contributed by atoms with E-state index in [4.69, 9.17) is 5.73 Å². The fraction of sp³-hybridized carbons (Fsp3) is 0.333. The molecule has 0 bridgehead atoms. The lowest BCUT2D eigenvalue weighted by atomic mass is 10.1. The number of hydrogen-bond acceptors (Lipinski definition) is 4. The molecule has 8 heteroatoms. The smallest absolute Gasteiger partial charge is 0.317 e. The Morgan fingerprint density at radius 3 is 2.91 bits per heavy atom. The van der Waals surface area contributed by atoms with E-state index in [1.54, 1.807) is 6.07 Å². The van der Waals surface area contributed by atoms with Gasteiger partial charge in [0, 0.05) is 18.8 Å². The van der Waals surface area contributed by atoms with Crippen molar-refractivity contribution in [2.75, 3.05) is 18.4 Å². The molecule has 3 amide bonds. The number of urea groups is 1. The Kier molecular flexibility index (Phi) is 4.63. The van der Waals surface area contributed by atoms with Crippen molar-refractivity contribution in [3.63, 3.8) is 0 Å². The van der Waals surface area contributed by atoms with Gasteiger partial charge in [0.2, 0.25) is 0 Å². The number of primary amides is 1.